The maximum Gasteiger partial charge on any atom is 0.191 e. The minimum atomic E-state index is 0.378. The fourth-order valence-electron chi connectivity index (χ4n) is 3.23. The highest BCUT2D eigenvalue weighted by Gasteiger charge is 2.17. The largest absolute Gasteiger partial charge is 0.359 e. The van der Waals surface area contributed by atoms with Crippen molar-refractivity contribution in [1.29, 1.82) is 0 Å². The molecule has 6 nitrogen and oxygen atoms in total. The maximum absolute atomic E-state index is 5.36. The molecule has 1 aromatic rings. The van der Waals surface area contributed by atoms with E-state index in [0.717, 1.165) is 43.1 Å². The van der Waals surface area contributed by atoms with Crippen molar-refractivity contribution in [2.24, 2.45) is 4.99 Å². The summed E-state index contributed by atoms with van der Waals surface area (Å²) in [6, 6.07) is 2.74. The van der Waals surface area contributed by atoms with Crippen molar-refractivity contribution in [1.82, 2.24) is 20.7 Å². The van der Waals surface area contributed by atoms with Gasteiger partial charge in [0.1, 0.15) is 6.54 Å². The van der Waals surface area contributed by atoms with E-state index in [1.165, 1.54) is 32.1 Å². The van der Waals surface area contributed by atoms with Gasteiger partial charge in [-0.05, 0) is 32.7 Å². The van der Waals surface area contributed by atoms with Crippen LogP contribution in [-0.2, 0) is 6.54 Å². The van der Waals surface area contributed by atoms with Crippen molar-refractivity contribution in [2.75, 3.05) is 26.7 Å². The third-order valence-corrected chi connectivity index (χ3v) is 4.86. The Kier molecular flexibility index (Phi) is 8.25. The Bertz CT molecular complexity index is 520. The summed E-state index contributed by atoms with van der Waals surface area (Å²) in [4.78, 5) is 7.10. The third kappa shape index (κ3) is 6.69. The molecule has 0 radical (unpaired) electrons. The second-order valence-corrected chi connectivity index (χ2v) is 7.27. The fraction of sp³-hybridized carbons (Fsp3) is 0.789. The lowest BCUT2D eigenvalue weighted by Gasteiger charge is -2.31. The van der Waals surface area contributed by atoms with Gasteiger partial charge in [-0.15, -0.1) is 0 Å². The molecule has 142 valence electrons. The van der Waals surface area contributed by atoms with Crippen LogP contribution < -0.4 is 10.6 Å². The zero-order valence-electron chi connectivity index (χ0n) is 16.3. The van der Waals surface area contributed by atoms with Crippen molar-refractivity contribution in [3.8, 4) is 0 Å². The Balaban J connectivity index is 1.78. The van der Waals surface area contributed by atoms with Gasteiger partial charge in [0.15, 0.2) is 11.7 Å². The summed E-state index contributed by atoms with van der Waals surface area (Å²) in [5, 5.41) is 10.8. The van der Waals surface area contributed by atoms with Crippen LogP contribution in [0.25, 0.3) is 0 Å². The van der Waals surface area contributed by atoms with Gasteiger partial charge in [0.05, 0.1) is 5.69 Å². The van der Waals surface area contributed by atoms with E-state index in [2.05, 4.69) is 53.5 Å². The molecule has 1 aliphatic rings. The molecule has 25 heavy (non-hydrogen) atoms. The molecule has 1 fully saturated rings. The van der Waals surface area contributed by atoms with Crippen molar-refractivity contribution >= 4 is 5.96 Å². The lowest BCUT2D eigenvalue weighted by Crippen LogP contribution is -2.43. The third-order valence-electron chi connectivity index (χ3n) is 4.86. The molecule has 1 heterocycles. The molecule has 0 unspecified atom stereocenters. The van der Waals surface area contributed by atoms with E-state index in [1.807, 2.05) is 6.07 Å². The number of aliphatic imine (C=N–C) groups is 1. The molecule has 0 bridgehead atoms. The van der Waals surface area contributed by atoms with E-state index in [9.17, 15) is 0 Å². The average molecular weight is 350 g/mol. The van der Waals surface area contributed by atoms with Gasteiger partial charge in [-0.25, -0.2) is 4.99 Å². The molecule has 0 aromatic carbocycles. The fourth-order valence-corrected chi connectivity index (χ4v) is 3.23. The quantitative estimate of drug-likeness (QED) is 0.558. The Morgan fingerprint density at radius 1 is 1.32 bits per heavy atom. The van der Waals surface area contributed by atoms with E-state index in [-0.39, 0.29) is 0 Å². The normalized spacial score (nSPS) is 16.6. The minimum absolute atomic E-state index is 0.378. The number of nitrogens with zero attached hydrogens (tertiary/aromatic N) is 3. The van der Waals surface area contributed by atoms with Crippen LogP contribution in [0.5, 0.6) is 0 Å². The summed E-state index contributed by atoms with van der Waals surface area (Å²) < 4.78 is 5.36. The van der Waals surface area contributed by atoms with Gasteiger partial charge in [0.25, 0.3) is 0 Å². The van der Waals surface area contributed by atoms with E-state index in [4.69, 9.17) is 4.52 Å². The predicted molar refractivity (Wildman–Crippen MR) is 103 cm³/mol. The zero-order valence-corrected chi connectivity index (χ0v) is 16.3. The van der Waals surface area contributed by atoms with Gasteiger partial charge in [0.2, 0.25) is 0 Å². The zero-order chi connectivity index (χ0) is 18.1. The first-order valence-corrected chi connectivity index (χ1v) is 9.78. The molecule has 2 N–H and O–H groups in total. The number of guanidine groups is 1. The number of rotatable bonds is 8. The van der Waals surface area contributed by atoms with E-state index < -0.39 is 0 Å². The molecule has 0 amide bonds. The first-order valence-electron chi connectivity index (χ1n) is 9.78. The highest BCUT2D eigenvalue weighted by Crippen LogP contribution is 2.21. The molecule has 0 saturated heterocycles. The standard InChI is InChI=1S/C19H35N5O/c1-5-20-19(22-14-17-13-18(15(2)3)23-25-17)21-11-12-24(4)16-9-7-6-8-10-16/h13,15-16H,5-12,14H2,1-4H3,(H2,20,21,22). The highest BCUT2D eigenvalue weighted by molar-refractivity contribution is 5.79. The van der Waals surface area contributed by atoms with Gasteiger partial charge in [-0.2, -0.15) is 0 Å². The summed E-state index contributed by atoms with van der Waals surface area (Å²) in [5.74, 6) is 2.02. The lowest BCUT2D eigenvalue weighted by atomic mass is 9.94. The number of aromatic nitrogens is 1. The predicted octanol–water partition coefficient (Wildman–Crippen LogP) is 3.12. The Labute approximate surface area is 152 Å². The molecule has 1 aliphatic carbocycles. The molecule has 0 aliphatic heterocycles. The number of likely N-dealkylation sites (N-methyl/N-ethyl adjacent to an activating group) is 1. The van der Waals surface area contributed by atoms with Gasteiger partial charge >= 0.3 is 0 Å². The SMILES string of the molecule is CCNC(=NCc1cc(C(C)C)no1)NCCN(C)C1CCCCC1. The average Bonchev–Trinajstić information content (AvgIpc) is 3.09. The second-order valence-electron chi connectivity index (χ2n) is 7.27. The van der Waals surface area contributed by atoms with Crippen LogP contribution in [0.2, 0.25) is 0 Å². The number of hydrogen-bond acceptors (Lipinski definition) is 4. The van der Waals surface area contributed by atoms with Crippen LogP contribution in [0, 0.1) is 0 Å². The molecule has 1 aromatic heterocycles. The molecule has 0 atom stereocenters. The second kappa shape index (κ2) is 10.4. The van der Waals surface area contributed by atoms with Gasteiger partial charge in [-0.1, -0.05) is 38.3 Å². The van der Waals surface area contributed by atoms with Gasteiger partial charge in [-0.3, -0.25) is 0 Å². The molecular formula is C19H35N5O. The Morgan fingerprint density at radius 2 is 2.08 bits per heavy atom. The van der Waals surface area contributed by atoms with E-state index in [1.54, 1.807) is 0 Å². The van der Waals surface area contributed by atoms with Crippen LogP contribution in [0.4, 0.5) is 0 Å². The molecule has 1 saturated carbocycles. The van der Waals surface area contributed by atoms with Crippen molar-refractivity contribution in [3.05, 3.63) is 17.5 Å². The van der Waals surface area contributed by atoms with Crippen molar-refractivity contribution in [3.63, 3.8) is 0 Å². The van der Waals surface area contributed by atoms with Crippen molar-refractivity contribution < 1.29 is 4.52 Å². The van der Waals surface area contributed by atoms with Gasteiger partial charge in [0, 0.05) is 31.7 Å². The number of nitrogens with one attached hydrogen (secondary N) is 2. The molecule has 0 spiro atoms. The van der Waals surface area contributed by atoms with Crippen LogP contribution in [0.1, 0.15) is 70.2 Å². The van der Waals surface area contributed by atoms with Crippen LogP contribution >= 0.6 is 0 Å². The molecule has 6 heteroatoms. The summed E-state index contributed by atoms with van der Waals surface area (Å²) in [5.41, 5.74) is 0.984. The highest BCUT2D eigenvalue weighted by atomic mass is 16.5. The summed E-state index contributed by atoms with van der Waals surface area (Å²) >= 11 is 0. The van der Waals surface area contributed by atoms with E-state index >= 15 is 0 Å². The first-order chi connectivity index (χ1) is 12.1. The van der Waals surface area contributed by atoms with Gasteiger partial charge < -0.3 is 20.1 Å². The van der Waals surface area contributed by atoms with Crippen LogP contribution in [0.15, 0.2) is 15.6 Å². The summed E-state index contributed by atoms with van der Waals surface area (Å²) in [7, 11) is 2.24. The minimum Gasteiger partial charge on any atom is -0.359 e. The monoisotopic (exact) mass is 349 g/mol. The Hall–Kier alpha value is -1.56. The molecule has 2 rings (SSSR count). The van der Waals surface area contributed by atoms with Crippen LogP contribution in [0.3, 0.4) is 0 Å². The molecular weight excluding hydrogens is 314 g/mol. The first kappa shape index (κ1) is 19.8. The maximum atomic E-state index is 5.36. The summed E-state index contributed by atoms with van der Waals surface area (Å²) in [6.45, 7) is 9.59. The number of hydrogen-bond donors (Lipinski definition) is 2. The van der Waals surface area contributed by atoms with Crippen LogP contribution in [-0.4, -0.2) is 48.7 Å². The topological polar surface area (TPSA) is 65.7 Å². The van der Waals surface area contributed by atoms with Crippen molar-refractivity contribution in [2.45, 2.75) is 71.4 Å². The summed E-state index contributed by atoms with van der Waals surface area (Å²) in [6.07, 6.45) is 6.84. The Morgan fingerprint density at radius 3 is 2.72 bits per heavy atom. The smallest absolute Gasteiger partial charge is 0.191 e. The van der Waals surface area contributed by atoms with E-state index in [0.29, 0.717) is 12.5 Å². The lowest BCUT2D eigenvalue weighted by molar-refractivity contribution is 0.194.